The first kappa shape index (κ1) is 20.5. The fraction of sp³-hybridized carbons (Fsp3) is 0.333. The molecule has 2 N–H and O–H groups in total. The molecule has 0 spiro atoms. The summed E-state index contributed by atoms with van der Waals surface area (Å²) in [6.45, 7) is 0.459. The molecule has 1 heterocycles. The molecule has 2 aromatic carbocycles. The molecule has 158 valence electrons. The van der Waals surface area contributed by atoms with E-state index in [1.807, 2.05) is 18.2 Å². The van der Waals surface area contributed by atoms with Crippen LogP contribution in [0, 0.1) is 5.92 Å². The van der Waals surface area contributed by atoms with Gasteiger partial charge in [0.2, 0.25) is 11.8 Å². The Morgan fingerprint density at radius 1 is 1.00 bits per heavy atom. The number of fused-ring (bicyclic) bond motifs is 1. The Bertz CT molecular complexity index is 1120. The fourth-order valence-corrected chi connectivity index (χ4v) is 3.98. The topological polar surface area (TPSA) is 114 Å². The average molecular weight is 429 g/mol. The molecule has 9 heteroatoms. The van der Waals surface area contributed by atoms with Crippen molar-refractivity contribution >= 4 is 21.1 Å². The van der Waals surface area contributed by atoms with Gasteiger partial charge in [-0.15, -0.1) is 0 Å². The van der Waals surface area contributed by atoms with E-state index in [9.17, 15) is 8.42 Å². The van der Waals surface area contributed by atoms with E-state index in [0.29, 0.717) is 24.8 Å². The molecule has 0 amide bonds. The predicted octanol–water partition coefficient (Wildman–Crippen LogP) is 2.98. The van der Waals surface area contributed by atoms with Gasteiger partial charge in [0.15, 0.2) is 0 Å². The Morgan fingerprint density at radius 2 is 1.80 bits per heavy atom. The van der Waals surface area contributed by atoms with Gasteiger partial charge in [-0.1, -0.05) is 36.4 Å². The number of rotatable bonds is 8. The van der Waals surface area contributed by atoms with E-state index in [2.05, 4.69) is 38.4 Å². The number of hydrogen-bond acceptors (Lipinski definition) is 7. The second-order valence-corrected chi connectivity index (χ2v) is 8.58. The molecule has 0 radical (unpaired) electrons. The molecule has 1 aliphatic carbocycles. The summed E-state index contributed by atoms with van der Waals surface area (Å²) in [5.41, 5.74) is 1.04. The first-order valence-corrected chi connectivity index (χ1v) is 11.2. The van der Waals surface area contributed by atoms with Crippen molar-refractivity contribution in [2.24, 2.45) is 11.1 Å². The predicted molar refractivity (Wildman–Crippen MR) is 111 cm³/mol. The molecule has 1 unspecified atom stereocenters. The molecule has 0 bridgehead atoms. The number of ether oxygens (including phenoxy) is 2. The van der Waals surface area contributed by atoms with Crippen LogP contribution in [0.3, 0.4) is 0 Å². The third kappa shape index (κ3) is 5.65. The Morgan fingerprint density at radius 3 is 2.63 bits per heavy atom. The van der Waals surface area contributed by atoms with Crippen LogP contribution < -0.4 is 14.6 Å². The number of benzene rings is 2. The molecule has 1 aliphatic rings. The average Bonchev–Trinajstić information content (AvgIpc) is 3.18. The van der Waals surface area contributed by atoms with Gasteiger partial charge in [-0.05, 0) is 47.6 Å². The molecule has 1 saturated carbocycles. The van der Waals surface area contributed by atoms with Crippen LogP contribution in [0.1, 0.15) is 24.8 Å². The van der Waals surface area contributed by atoms with Crippen LogP contribution in [0.25, 0.3) is 10.8 Å². The molecule has 0 saturated heterocycles. The normalized spacial score (nSPS) is 19.1. The van der Waals surface area contributed by atoms with Crippen molar-refractivity contribution in [1.29, 1.82) is 0 Å². The summed E-state index contributed by atoms with van der Waals surface area (Å²) in [7, 11) is -3.91. The minimum atomic E-state index is -3.91. The van der Waals surface area contributed by atoms with E-state index in [4.69, 9.17) is 14.6 Å². The smallest absolute Gasteiger partial charge is 0.333 e. The van der Waals surface area contributed by atoms with Gasteiger partial charge in [0.1, 0.15) is 19.0 Å². The van der Waals surface area contributed by atoms with Crippen molar-refractivity contribution in [2.75, 3.05) is 6.61 Å². The minimum absolute atomic E-state index is 0.0673. The van der Waals surface area contributed by atoms with Crippen molar-refractivity contribution in [1.82, 2.24) is 9.97 Å². The van der Waals surface area contributed by atoms with Crippen LogP contribution in [0.2, 0.25) is 0 Å². The molecule has 3 aromatic rings. The lowest BCUT2D eigenvalue weighted by Crippen LogP contribution is -2.20. The van der Waals surface area contributed by atoms with Gasteiger partial charge in [-0.25, -0.2) is 15.1 Å². The number of nitrogens with two attached hydrogens (primary N) is 1. The summed E-state index contributed by atoms with van der Waals surface area (Å²) in [5, 5.41) is 7.22. The molecule has 30 heavy (non-hydrogen) atoms. The SMILES string of the molecule is NS(=O)(=O)OC[C@H]1CCC(Oc2cc(OCc3ccc4ccccc4c3)ncn2)C1. The molecular weight excluding hydrogens is 406 g/mol. The van der Waals surface area contributed by atoms with E-state index >= 15 is 0 Å². The molecule has 1 aromatic heterocycles. The fourth-order valence-electron chi connectivity index (χ4n) is 3.60. The standard InChI is InChI=1S/C21H23N3O5S/c22-30(25,26)28-13-16-6-8-19(10-16)29-21-11-20(23-14-24-21)27-12-15-5-7-17-3-1-2-4-18(17)9-15/h1-5,7,9,11,14,16,19H,6,8,10,12-13H2,(H2,22,25,26)/t16-,19?/m0/s1. The van der Waals surface area contributed by atoms with Crippen LogP contribution >= 0.6 is 0 Å². The summed E-state index contributed by atoms with van der Waals surface area (Å²) in [4.78, 5) is 8.30. The Kier molecular flexibility index (Phi) is 6.12. The molecule has 8 nitrogen and oxygen atoms in total. The zero-order chi connectivity index (χ0) is 21.0. The van der Waals surface area contributed by atoms with Gasteiger partial charge in [0.05, 0.1) is 12.7 Å². The molecule has 2 atom stereocenters. The van der Waals surface area contributed by atoms with Crippen molar-refractivity contribution in [2.45, 2.75) is 32.0 Å². The van der Waals surface area contributed by atoms with Gasteiger partial charge >= 0.3 is 10.3 Å². The van der Waals surface area contributed by atoms with Gasteiger partial charge in [-0.3, -0.25) is 4.18 Å². The lowest BCUT2D eigenvalue weighted by Gasteiger charge is -2.14. The van der Waals surface area contributed by atoms with E-state index in [1.54, 1.807) is 6.07 Å². The van der Waals surface area contributed by atoms with Crippen LogP contribution in [-0.4, -0.2) is 31.1 Å². The molecular formula is C21H23N3O5S. The quantitative estimate of drug-likeness (QED) is 0.585. The maximum Gasteiger partial charge on any atom is 0.333 e. The third-order valence-electron chi connectivity index (χ3n) is 5.07. The molecule has 1 fully saturated rings. The summed E-state index contributed by atoms with van der Waals surface area (Å²) >= 11 is 0. The van der Waals surface area contributed by atoms with Crippen LogP contribution in [0.4, 0.5) is 0 Å². The lowest BCUT2D eigenvalue weighted by atomic mass is 10.1. The largest absolute Gasteiger partial charge is 0.474 e. The highest BCUT2D eigenvalue weighted by atomic mass is 32.2. The maximum atomic E-state index is 10.9. The van der Waals surface area contributed by atoms with E-state index < -0.39 is 10.3 Å². The first-order valence-electron chi connectivity index (χ1n) is 9.71. The Hall–Kier alpha value is -2.75. The van der Waals surface area contributed by atoms with Gasteiger partial charge in [0, 0.05) is 0 Å². The lowest BCUT2D eigenvalue weighted by molar-refractivity contribution is 0.182. The first-order chi connectivity index (χ1) is 14.4. The Labute approximate surface area is 175 Å². The summed E-state index contributed by atoms with van der Waals surface area (Å²) in [6.07, 6.45) is 3.60. The molecule has 0 aliphatic heterocycles. The highest BCUT2D eigenvalue weighted by Crippen LogP contribution is 2.29. The zero-order valence-corrected chi connectivity index (χ0v) is 17.1. The van der Waals surface area contributed by atoms with E-state index in [-0.39, 0.29) is 18.6 Å². The number of hydrogen-bond donors (Lipinski definition) is 1. The van der Waals surface area contributed by atoms with Crippen LogP contribution in [0.15, 0.2) is 54.9 Å². The van der Waals surface area contributed by atoms with Crippen molar-refractivity contribution in [3.05, 3.63) is 60.4 Å². The van der Waals surface area contributed by atoms with Gasteiger partial charge < -0.3 is 9.47 Å². The van der Waals surface area contributed by atoms with E-state index in [0.717, 1.165) is 23.8 Å². The maximum absolute atomic E-state index is 10.9. The second kappa shape index (κ2) is 8.95. The van der Waals surface area contributed by atoms with Crippen LogP contribution in [0.5, 0.6) is 11.8 Å². The highest BCUT2D eigenvalue weighted by Gasteiger charge is 2.27. The van der Waals surface area contributed by atoms with Gasteiger partial charge in [-0.2, -0.15) is 8.42 Å². The summed E-state index contributed by atoms with van der Waals surface area (Å²) < 4.78 is 38.3. The number of nitrogens with zero attached hydrogens (tertiary/aromatic N) is 2. The van der Waals surface area contributed by atoms with Crippen molar-refractivity contribution in [3.8, 4) is 11.8 Å². The third-order valence-corrected chi connectivity index (χ3v) is 5.53. The van der Waals surface area contributed by atoms with Crippen molar-refractivity contribution in [3.63, 3.8) is 0 Å². The Balaban J connectivity index is 1.31. The summed E-state index contributed by atoms with van der Waals surface area (Å²) in [5.74, 6) is 0.940. The van der Waals surface area contributed by atoms with Crippen LogP contribution in [-0.2, 0) is 21.1 Å². The number of aromatic nitrogens is 2. The summed E-state index contributed by atoms with van der Waals surface area (Å²) in [6, 6.07) is 16.0. The second-order valence-electron chi connectivity index (χ2n) is 7.36. The highest BCUT2D eigenvalue weighted by molar-refractivity contribution is 7.84. The van der Waals surface area contributed by atoms with Crippen molar-refractivity contribution < 1.29 is 22.1 Å². The molecule has 4 rings (SSSR count). The monoisotopic (exact) mass is 429 g/mol. The zero-order valence-electron chi connectivity index (χ0n) is 16.3. The van der Waals surface area contributed by atoms with E-state index in [1.165, 1.54) is 11.7 Å². The van der Waals surface area contributed by atoms with Gasteiger partial charge in [0.25, 0.3) is 0 Å². The minimum Gasteiger partial charge on any atom is -0.474 e.